The fourth-order valence-electron chi connectivity index (χ4n) is 4.32. The highest BCUT2D eigenvalue weighted by Gasteiger charge is 2.45. The first kappa shape index (κ1) is 17.6. The summed E-state index contributed by atoms with van der Waals surface area (Å²) >= 11 is 0. The first-order valence-electron chi connectivity index (χ1n) is 9.34. The van der Waals surface area contributed by atoms with Crippen molar-refractivity contribution < 1.29 is 19.4 Å². The van der Waals surface area contributed by atoms with Crippen LogP contribution in [0.4, 0.5) is 4.79 Å². The summed E-state index contributed by atoms with van der Waals surface area (Å²) in [7, 11) is 0. The van der Waals surface area contributed by atoms with E-state index >= 15 is 0 Å². The molecule has 2 aromatic carbocycles. The van der Waals surface area contributed by atoms with Crippen LogP contribution < -0.4 is 5.32 Å². The summed E-state index contributed by atoms with van der Waals surface area (Å²) in [6.07, 6.45) is 1.92. The van der Waals surface area contributed by atoms with Crippen molar-refractivity contribution >= 4 is 12.1 Å². The number of fused-ring (bicyclic) bond motifs is 3. The van der Waals surface area contributed by atoms with Gasteiger partial charge in [0.1, 0.15) is 12.6 Å². The molecule has 1 fully saturated rings. The van der Waals surface area contributed by atoms with Crippen molar-refractivity contribution in [2.24, 2.45) is 5.41 Å². The zero-order valence-corrected chi connectivity index (χ0v) is 15.3. The maximum absolute atomic E-state index is 12.3. The van der Waals surface area contributed by atoms with E-state index in [9.17, 15) is 14.7 Å². The van der Waals surface area contributed by atoms with Gasteiger partial charge in [0.05, 0.1) is 0 Å². The number of ether oxygens (including phenoxy) is 1. The summed E-state index contributed by atoms with van der Waals surface area (Å²) in [4.78, 5) is 23.9. The number of hydrogen-bond donors (Lipinski definition) is 2. The van der Waals surface area contributed by atoms with Crippen LogP contribution in [0.1, 0.15) is 43.2 Å². The Hall–Kier alpha value is -2.82. The van der Waals surface area contributed by atoms with Crippen molar-refractivity contribution in [2.45, 2.75) is 38.1 Å². The van der Waals surface area contributed by atoms with Crippen LogP contribution in [0.5, 0.6) is 0 Å². The largest absolute Gasteiger partial charge is 0.480 e. The molecule has 2 aliphatic rings. The number of nitrogens with one attached hydrogen (secondary N) is 1. The fraction of sp³-hybridized carbons (Fsp3) is 0.364. The molecule has 140 valence electrons. The molecule has 5 heteroatoms. The zero-order chi connectivity index (χ0) is 19.0. The molecule has 0 spiro atoms. The lowest BCUT2D eigenvalue weighted by molar-refractivity contribution is -0.144. The lowest BCUT2D eigenvalue weighted by atomic mass is 9.65. The number of carbonyl (C=O) groups excluding carboxylic acids is 1. The average Bonchev–Trinajstić information content (AvgIpc) is 2.96. The molecule has 2 aromatic rings. The Bertz CT molecular complexity index is 842. The highest BCUT2D eigenvalue weighted by molar-refractivity contribution is 5.81. The van der Waals surface area contributed by atoms with Gasteiger partial charge in [-0.3, -0.25) is 0 Å². The molecule has 1 saturated carbocycles. The Morgan fingerprint density at radius 2 is 1.67 bits per heavy atom. The number of rotatable bonds is 5. The van der Waals surface area contributed by atoms with Crippen molar-refractivity contribution in [3.05, 3.63) is 59.7 Å². The molecule has 1 atom stereocenters. The van der Waals surface area contributed by atoms with Crippen molar-refractivity contribution in [3.8, 4) is 11.1 Å². The Morgan fingerprint density at radius 3 is 2.15 bits per heavy atom. The SMILES string of the molecule is CC1(C(NC(=O)OCC2c3ccccc3-c3ccccc32)C(=O)O)CCC1. The number of aliphatic carboxylic acids is 1. The first-order valence-corrected chi connectivity index (χ1v) is 9.34. The third-order valence-electron chi connectivity index (χ3n) is 6.05. The van der Waals surface area contributed by atoms with Gasteiger partial charge in [0.15, 0.2) is 0 Å². The van der Waals surface area contributed by atoms with Crippen molar-refractivity contribution in [1.82, 2.24) is 5.32 Å². The highest BCUT2D eigenvalue weighted by Crippen LogP contribution is 2.45. The molecule has 0 bridgehead atoms. The van der Waals surface area contributed by atoms with Crippen LogP contribution in [0.3, 0.4) is 0 Å². The molecule has 0 saturated heterocycles. The monoisotopic (exact) mass is 365 g/mol. The van der Waals surface area contributed by atoms with Gasteiger partial charge < -0.3 is 15.2 Å². The van der Waals surface area contributed by atoms with E-state index in [-0.39, 0.29) is 12.5 Å². The fourth-order valence-corrected chi connectivity index (χ4v) is 4.32. The van der Waals surface area contributed by atoms with Gasteiger partial charge in [-0.15, -0.1) is 0 Å². The maximum atomic E-state index is 12.3. The lowest BCUT2D eigenvalue weighted by Crippen LogP contribution is -2.54. The van der Waals surface area contributed by atoms with Gasteiger partial charge in [-0.05, 0) is 40.5 Å². The van der Waals surface area contributed by atoms with Crippen LogP contribution in [0.15, 0.2) is 48.5 Å². The Morgan fingerprint density at radius 1 is 1.11 bits per heavy atom. The topological polar surface area (TPSA) is 75.6 Å². The van der Waals surface area contributed by atoms with Crippen molar-refractivity contribution in [3.63, 3.8) is 0 Å². The summed E-state index contributed by atoms with van der Waals surface area (Å²) in [5.41, 5.74) is 4.19. The molecule has 0 aromatic heterocycles. The Balaban J connectivity index is 1.47. The molecule has 0 heterocycles. The number of amides is 1. The molecule has 1 amide bonds. The summed E-state index contributed by atoms with van der Waals surface area (Å²) in [5, 5.41) is 12.1. The molecule has 0 radical (unpaired) electrons. The Labute approximate surface area is 158 Å². The predicted molar refractivity (Wildman–Crippen MR) is 102 cm³/mol. The number of alkyl carbamates (subject to hydrolysis) is 1. The predicted octanol–water partition coefficient (Wildman–Crippen LogP) is 4.17. The van der Waals surface area contributed by atoms with E-state index in [1.807, 2.05) is 31.2 Å². The third-order valence-corrected chi connectivity index (χ3v) is 6.05. The molecular formula is C22H23NO4. The molecule has 2 aliphatic carbocycles. The van der Waals surface area contributed by atoms with E-state index in [1.54, 1.807) is 0 Å². The minimum Gasteiger partial charge on any atom is -0.480 e. The van der Waals surface area contributed by atoms with Crippen molar-refractivity contribution in [1.29, 1.82) is 0 Å². The van der Waals surface area contributed by atoms with Crippen LogP contribution in [0.25, 0.3) is 11.1 Å². The second kappa shape index (κ2) is 6.72. The van der Waals surface area contributed by atoms with E-state index in [4.69, 9.17) is 4.74 Å². The normalized spacial score (nSPS) is 18.0. The highest BCUT2D eigenvalue weighted by atomic mass is 16.5. The molecule has 5 nitrogen and oxygen atoms in total. The van der Waals surface area contributed by atoms with Crippen LogP contribution >= 0.6 is 0 Å². The van der Waals surface area contributed by atoms with Gasteiger partial charge in [0.25, 0.3) is 0 Å². The van der Waals surface area contributed by atoms with Crippen molar-refractivity contribution in [2.75, 3.05) is 6.61 Å². The van der Waals surface area contributed by atoms with E-state index in [1.165, 1.54) is 0 Å². The minimum atomic E-state index is -1.01. The lowest BCUT2D eigenvalue weighted by Gasteiger charge is -2.42. The van der Waals surface area contributed by atoms with Crippen LogP contribution in [-0.2, 0) is 9.53 Å². The Kier molecular flexibility index (Phi) is 4.38. The number of benzene rings is 2. The van der Waals surface area contributed by atoms with Gasteiger partial charge in [-0.25, -0.2) is 9.59 Å². The zero-order valence-electron chi connectivity index (χ0n) is 15.3. The minimum absolute atomic E-state index is 0.0364. The standard InChI is InChI=1S/C22H23NO4/c1-22(11-6-12-22)19(20(24)25)23-21(26)27-13-18-16-9-4-2-7-14(16)15-8-3-5-10-17(15)18/h2-5,7-10,18-19H,6,11-13H2,1H3,(H,23,26)(H,24,25). The molecule has 4 rings (SSSR count). The number of carbonyl (C=O) groups is 2. The van der Waals surface area contributed by atoms with E-state index < -0.39 is 23.5 Å². The number of hydrogen-bond acceptors (Lipinski definition) is 3. The molecule has 27 heavy (non-hydrogen) atoms. The van der Waals surface area contributed by atoms with E-state index in [0.29, 0.717) is 0 Å². The smallest absolute Gasteiger partial charge is 0.407 e. The number of carboxylic acid groups (broad SMARTS) is 1. The van der Waals surface area contributed by atoms with Gasteiger partial charge in [-0.1, -0.05) is 61.9 Å². The second-order valence-electron chi connectivity index (χ2n) is 7.75. The molecular weight excluding hydrogens is 342 g/mol. The summed E-state index contributed by atoms with van der Waals surface area (Å²) in [5.74, 6) is -1.04. The number of carboxylic acids is 1. The van der Waals surface area contributed by atoms with Crippen LogP contribution in [-0.4, -0.2) is 29.8 Å². The third kappa shape index (κ3) is 3.07. The van der Waals surface area contributed by atoms with Crippen LogP contribution in [0, 0.1) is 5.41 Å². The molecule has 2 N–H and O–H groups in total. The molecule has 1 unspecified atom stereocenters. The summed E-state index contributed by atoms with van der Waals surface area (Å²) < 4.78 is 5.47. The summed E-state index contributed by atoms with van der Waals surface area (Å²) in [6.45, 7) is 2.09. The second-order valence-corrected chi connectivity index (χ2v) is 7.75. The summed E-state index contributed by atoms with van der Waals surface area (Å²) in [6, 6.07) is 15.3. The van der Waals surface area contributed by atoms with Gasteiger partial charge in [0, 0.05) is 5.92 Å². The van der Waals surface area contributed by atoms with Gasteiger partial charge in [0.2, 0.25) is 0 Å². The van der Waals surface area contributed by atoms with E-state index in [0.717, 1.165) is 41.5 Å². The maximum Gasteiger partial charge on any atom is 0.407 e. The van der Waals surface area contributed by atoms with Crippen LogP contribution in [0.2, 0.25) is 0 Å². The van der Waals surface area contributed by atoms with Gasteiger partial charge in [-0.2, -0.15) is 0 Å². The van der Waals surface area contributed by atoms with Gasteiger partial charge >= 0.3 is 12.1 Å². The average molecular weight is 365 g/mol. The first-order chi connectivity index (χ1) is 13.0. The quantitative estimate of drug-likeness (QED) is 0.834. The van der Waals surface area contributed by atoms with E-state index in [2.05, 4.69) is 29.6 Å². The molecule has 0 aliphatic heterocycles.